The fraction of sp³-hybridized carbons (Fsp3) is 0.0820. The second-order valence-electron chi connectivity index (χ2n) is 17.7. The maximum atomic E-state index is 6.76. The molecule has 0 bridgehead atoms. The van der Waals surface area contributed by atoms with E-state index < -0.39 is 10.8 Å². The molecule has 0 radical (unpaired) electrons. The van der Waals surface area contributed by atoms with E-state index in [4.69, 9.17) is 4.74 Å². The summed E-state index contributed by atoms with van der Waals surface area (Å²) in [5.74, 6) is 1.76. The van der Waals surface area contributed by atoms with Crippen LogP contribution in [0.5, 0.6) is 11.5 Å². The molecule has 9 aromatic carbocycles. The highest BCUT2D eigenvalue weighted by molar-refractivity contribution is 6.00. The average Bonchev–Trinajstić information content (AvgIpc) is 3.62. The van der Waals surface area contributed by atoms with Gasteiger partial charge in [-0.3, -0.25) is 0 Å². The fourth-order valence-electron chi connectivity index (χ4n) is 12.1. The maximum Gasteiger partial charge on any atom is 0.132 e. The highest BCUT2D eigenvalue weighted by Crippen LogP contribution is 2.66. The van der Waals surface area contributed by atoms with E-state index in [0.29, 0.717) is 0 Å². The van der Waals surface area contributed by atoms with Gasteiger partial charge in [0.1, 0.15) is 11.5 Å². The van der Waals surface area contributed by atoms with Gasteiger partial charge >= 0.3 is 0 Å². The van der Waals surface area contributed by atoms with Gasteiger partial charge in [0.15, 0.2) is 0 Å². The summed E-state index contributed by atoms with van der Waals surface area (Å²) in [6, 6.07) is 76.6. The number of ether oxygens (including phenoxy) is 1. The van der Waals surface area contributed by atoms with Gasteiger partial charge in [-0.1, -0.05) is 201 Å². The molecule has 0 N–H and O–H groups in total. The lowest BCUT2D eigenvalue weighted by atomic mass is 9.51. The zero-order valence-electron chi connectivity index (χ0n) is 34.5. The fourth-order valence-corrected chi connectivity index (χ4v) is 12.1. The van der Waals surface area contributed by atoms with Gasteiger partial charge in [-0.05, 0) is 120 Å². The Bertz CT molecular complexity index is 3330. The molecule has 0 aromatic heterocycles. The van der Waals surface area contributed by atoms with E-state index >= 15 is 0 Å². The number of allylic oxidation sites excluding steroid dienone is 4. The molecule has 2 unspecified atom stereocenters. The second kappa shape index (κ2) is 13.0. The highest BCUT2D eigenvalue weighted by Gasteiger charge is 2.56. The maximum absolute atomic E-state index is 6.76. The van der Waals surface area contributed by atoms with Crippen molar-refractivity contribution >= 4 is 10.8 Å². The predicted molar refractivity (Wildman–Crippen MR) is 254 cm³/mol. The summed E-state index contributed by atoms with van der Waals surface area (Å²) in [7, 11) is 0. The summed E-state index contributed by atoms with van der Waals surface area (Å²) in [4.78, 5) is 0. The van der Waals surface area contributed by atoms with E-state index in [1.165, 1.54) is 77.5 Å². The van der Waals surface area contributed by atoms with Crippen molar-refractivity contribution in [1.29, 1.82) is 0 Å². The largest absolute Gasteiger partial charge is 0.457 e. The van der Waals surface area contributed by atoms with Crippen molar-refractivity contribution in [2.24, 2.45) is 0 Å². The van der Waals surface area contributed by atoms with Crippen LogP contribution in [0.3, 0.4) is 0 Å². The van der Waals surface area contributed by atoms with Gasteiger partial charge in [0, 0.05) is 16.5 Å². The third-order valence-electron chi connectivity index (χ3n) is 14.7. The van der Waals surface area contributed by atoms with Crippen LogP contribution < -0.4 is 4.74 Å². The first-order chi connectivity index (χ1) is 30.6. The van der Waals surface area contributed by atoms with Crippen molar-refractivity contribution in [3.05, 3.63) is 275 Å². The van der Waals surface area contributed by atoms with Crippen molar-refractivity contribution < 1.29 is 4.74 Å². The third-order valence-corrected chi connectivity index (χ3v) is 14.7. The zero-order valence-corrected chi connectivity index (χ0v) is 34.5. The lowest BCUT2D eigenvalue weighted by Crippen LogP contribution is -2.44. The zero-order chi connectivity index (χ0) is 41.0. The minimum Gasteiger partial charge on any atom is -0.457 e. The summed E-state index contributed by atoms with van der Waals surface area (Å²) in [6.45, 7) is 2.48. The molecular formula is C61H42O. The van der Waals surface area contributed by atoms with E-state index in [2.05, 4.69) is 231 Å². The summed E-state index contributed by atoms with van der Waals surface area (Å²) < 4.78 is 6.76. The molecule has 13 rings (SSSR count). The monoisotopic (exact) mass is 790 g/mol. The first-order valence-corrected chi connectivity index (χ1v) is 21.9. The second-order valence-corrected chi connectivity index (χ2v) is 17.7. The molecule has 1 spiro atoms. The number of hydrogen-bond acceptors (Lipinski definition) is 1. The topological polar surface area (TPSA) is 9.23 Å². The smallest absolute Gasteiger partial charge is 0.132 e. The van der Waals surface area contributed by atoms with E-state index in [9.17, 15) is 0 Å². The lowest BCUT2D eigenvalue weighted by molar-refractivity contribution is 0.434. The normalized spacial score (nSPS) is 19.4. The Morgan fingerprint density at radius 3 is 1.73 bits per heavy atom. The minimum absolute atomic E-state index is 0.154. The van der Waals surface area contributed by atoms with Crippen molar-refractivity contribution in [2.75, 3.05) is 0 Å². The van der Waals surface area contributed by atoms with E-state index in [1.807, 2.05) is 0 Å². The van der Waals surface area contributed by atoms with Crippen molar-refractivity contribution in [3.8, 4) is 44.9 Å². The summed E-state index contributed by atoms with van der Waals surface area (Å²) >= 11 is 0. The molecule has 1 nitrogen and oxygen atoms in total. The molecule has 292 valence electrons. The number of hydrogen-bond donors (Lipinski definition) is 0. The number of para-hydroxylation sites is 1. The van der Waals surface area contributed by atoms with Crippen molar-refractivity contribution in [2.45, 2.75) is 29.6 Å². The Morgan fingerprint density at radius 2 is 0.968 bits per heavy atom. The SMILES string of the molecule is CC12CC=CC=C1C1(c3ccccc3-c3ccc(-c4cccc(-c5ccc6c(c5)C(c5ccccc5)(c5ccccc5)c5ccccc5O6)c4)cc31)c1cccc3cccc2c13. The molecule has 0 fully saturated rings. The summed E-state index contributed by atoms with van der Waals surface area (Å²) in [6.07, 6.45) is 8.08. The van der Waals surface area contributed by atoms with Crippen LogP contribution in [0.15, 0.2) is 230 Å². The van der Waals surface area contributed by atoms with Crippen LogP contribution in [-0.4, -0.2) is 0 Å². The van der Waals surface area contributed by atoms with Crippen LogP contribution in [-0.2, 0) is 16.2 Å². The van der Waals surface area contributed by atoms with Gasteiger partial charge < -0.3 is 4.74 Å². The Balaban J connectivity index is 1.01. The number of rotatable bonds is 4. The molecule has 0 amide bonds. The quantitative estimate of drug-likeness (QED) is 0.173. The van der Waals surface area contributed by atoms with Gasteiger partial charge in [-0.15, -0.1) is 0 Å². The molecule has 9 aromatic rings. The third kappa shape index (κ3) is 4.58. The predicted octanol–water partition coefficient (Wildman–Crippen LogP) is 15.1. The lowest BCUT2D eigenvalue weighted by Gasteiger charge is -2.50. The number of benzene rings is 9. The standard InChI is InChI=1S/C61H42O/c1-59-36-13-12-31-57(59)61(52-29-16-18-40-17-15-28-51(59)58(40)52)49-26-9-8-25-47(49)48-34-32-43(38-53(48)61)41-19-14-20-42(37-41)44-33-35-56-54(39-44)60(45-21-4-2-5-22-45,46-23-6-3-7-24-46)50-27-10-11-30-55(50)62-56/h2-35,37-39H,36H2,1H3. The van der Waals surface area contributed by atoms with E-state index in [-0.39, 0.29) is 5.41 Å². The molecule has 1 heterocycles. The number of fused-ring (bicyclic) bond motifs is 11. The first kappa shape index (κ1) is 35.3. The van der Waals surface area contributed by atoms with Gasteiger partial charge in [-0.2, -0.15) is 0 Å². The van der Waals surface area contributed by atoms with E-state index in [1.54, 1.807) is 0 Å². The highest BCUT2D eigenvalue weighted by atomic mass is 16.5. The molecule has 4 aliphatic rings. The van der Waals surface area contributed by atoms with Crippen LogP contribution >= 0.6 is 0 Å². The first-order valence-electron chi connectivity index (χ1n) is 21.9. The van der Waals surface area contributed by atoms with Crippen LogP contribution in [0, 0.1) is 0 Å². The Hall–Kier alpha value is -7.48. The molecule has 3 aliphatic carbocycles. The Kier molecular flexibility index (Phi) is 7.41. The minimum atomic E-state index is -0.581. The molecule has 2 atom stereocenters. The summed E-state index contributed by atoms with van der Waals surface area (Å²) in [5.41, 5.74) is 18.0. The van der Waals surface area contributed by atoms with Gasteiger partial charge in [0.25, 0.3) is 0 Å². The van der Waals surface area contributed by atoms with Gasteiger partial charge in [0.05, 0.1) is 10.8 Å². The van der Waals surface area contributed by atoms with Crippen LogP contribution in [0.4, 0.5) is 0 Å². The molecule has 1 aliphatic heterocycles. The van der Waals surface area contributed by atoms with Crippen LogP contribution in [0.1, 0.15) is 57.9 Å². The van der Waals surface area contributed by atoms with E-state index in [0.717, 1.165) is 34.6 Å². The Morgan fingerprint density at radius 1 is 0.403 bits per heavy atom. The molecule has 1 heteroatoms. The Labute approximate surface area is 363 Å². The molecular weight excluding hydrogens is 749 g/mol. The molecule has 62 heavy (non-hydrogen) atoms. The van der Waals surface area contributed by atoms with Crippen molar-refractivity contribution in [1.82, 2.24) is 0 Å². The van der Waals surface area contributed by atoms with Crippen LogP contribution in [0.2, 0.25) is 0 Å². The average molecular weight is 791 g/mol. The van der Waals surface area contributed by atoms with Crippen LogP contribution in [0.25, 0.3) is 44.2 Å². The summed E-state index contributed by atoms with van der Waals surface area (Å²) in [5, 5.41) is 2.72. The van der Waals surface area contributed by atoms with Gasteiger partial charge in [-0.25, -0.2) is 0 Å². The van der Waals surface area contributed by atoms with Gasteiger partial charge in [0.2, 0.25) is 0 Å². The van der Waals surface area contributed by atoms with Crippen molar-refractivity contribution in [3.63, 3.8) is 0 Å². The molecule has 0 saturated heterocycles. The molecule has 0 saturated carbocycles.